The number of hydrogen-bond donors (Lipinski definition) is 1. The summed E-state index contributed by atoms with van der Waals surface area (Å²) in [4.78, 5) is 13.0. The largest absolute Gasteiger partial charge is 0.497 e. The molecule has 0 fully saturated rings. The van der Waals surface area contributed by atoms with Crippen LogP contribution in [0.1, 0.15) is 37.9 Å². The molecule has 0 saturated heterocycles. The molecule has 164 valence electrons. The third-order valence-electron chi connectivity index (χ3n) is 4.95. The average Bonchev–Trinajstić information content (AvgIpc) is 2.72. The number of carbonyl (C=O) groups excluding carboxylic acids is 1. The van der Waals surface area contributed by atoms with Gasteiger partial charge in [0, 0.05) is 5.56 Å². The summed E-state index contributed by atoms with van der Waals surface area (Å²) in [6.07, 6.45) is 1.94. The van der Waals surface area contributed by atoms with Gasteiger partial charge in [-0.15, -0.1) is 0 Å². The van der Waals surface area contributed by atoms with E-state index in [-0.39, 0.29) is 0 Å². The highest BCUT2D eigenvalue weighted by molar-refractivity contribution is 7.92. The molecule has 0 aliphatic carbocycles. The van der Waals surface area contributed by atoms with Crippen LogP contribution in [0.3, 0.4) is 0 Å². The molecule has 2 rings (SSSR count). The van der Waals surface area contributed by atoms with E-state index in [1.807, 2.05) is 26.0 Å². The molecule has 0 saturated carbocycles. The van der Waals surface area contributed by atoms with Crippen LogP contribution in [0.15, 0.2) is 42.5 Å². The molecule has 0 aromatic heterocycles. The number of hydrogen-bond acceptors (Lipinski definition) is 5. The Kier molecular flexibility index (Phi) is 7.72. The van der Waals surface area contributed by atoms with Crippen LogP contribution in [-0.4, -0.2) is 40.8 Å². The maximum Gasteiger partial charge on any atom is 0.244 e. The van der Waals surface area contributed by atoms with Crippen LogP contribution in [0.2, 0.25) is 0 Å². The molecule has 2 aromatic rings. The summed E-state index contributed by atoms with van der Waals surface area (Å²) in [6.45, 7) is 5.40. The topological polar surface area (TPSA) is 84.9 Å². The van der Waals surface area contributed by atoms with E-state index in [9.17, 15) is 13.2 Å². The Balaban J connectivity index is 2.29. The molecule has 8 heteroatoms. The number of carbonyl (C=O) groups is 1. The van der Waals surface area contributed by atoms with Crippen molar-refractivity contribution in [2.75, 3.05) is 24.8 Å². The Hall–Kier alpha value is -2.74. The van der Waals surface area contributed by atoms with Gasteiger partial charge in [0.05, 0.1) is 32.2 Å². The Bertz CT molecular complexity index is 974. The molecule has 0 unspecified atom stereocenters. The standard InChI is InChI=1S/C22H30N2O5S/c1-7-17-8-10-18(11-9-17)24(30(6,26)27)16(3)22(25)23-15(2)20-14-19(28-4)12-13-21(20)29-5/h8-16H,7H2,1-6H3,(H,23,25)/t15-,16-/m0/s1. The minimum atomic E-state index is -3.68. The van der Waals surface area contributed by atoms with Gasteiger partial charge < -0.3 is 14.8 Å². The summed E-state index contributed by atoms with van der Waals surface area (Å²) >= 11 is 0. The lowest BCUT2D eigenvalue weighted by atomic mass is 10.1. The molecule has 0 bridgehead atoms. The first-order chi connectivity index (χ1) is 14.1. The van der Waals surface area contributed by atoms with E-state index in [1.54, 1.807) is 51.5 Å². The first-order valence-corrected chi connectivity index (χ1v) is 11.6. The van der Waals surface area contributed by atoms with Crippen LogP contribution < -0.4 is 19.1 Å². The highest BCUT2D eigenvalue weighted by atomic mass is 32.2. The SMILES string of the molecule is CCc1ccc(N([C@@H](C)C(=O)N[C@@H](C)c2cc(OC)ccc2OC)S(C)(=O)=O)cc1. The fourth-order valence-corrected chi connectivity index (χ4v) is 4.45. The van der Waals surface area contributed by atoms with Gasteiger partial charge in [-0.3, -0.25) is 9.10 Å². The first-order valence-electron chi connectivity index (χ1n) is 9.73. The van der Waals surface area contributed by atoms with Crippen molar-refractivity contribution < 1.29 is 22.7 Å². The highest BCUT2D eigenvalue weighted by Gasteiger charge is 2.30. The minimum Gasteiger partial charge on any atom is -0.497 e. The Labute approximate surface area is 179 Å². The summed E-state index contributed by atoms with van der Waals surface area (Å²) in [5.74, 6) is 0.817. The third-order valence-corrected chi connectivity index (χ3v) is 6.19. The van der Waals surface area contributed by atoms with E-state index >= 15 is 0 Å². The van der Waals surface area contributed by atoms with E-state index < -0.39 is 28.0 Å². The minimum absolute atomic E-state index is 0.419. The molecule has 1 amide bonds. The monoisotopic (exact) mass is 434 g/mol. The van der Waals surface area contributed by atoms with Crippen molar-refractivity contribution in [3.05, 3.63) is 53.6 Å². The number of rotatable bonds is 9. The van der Waals surface area contributed by atoms with Crippen LogP contribution in [-0.2, 0) is 21.2 Å². The number of anilines is 1. The van der Waals surface area contributed by atoms with Crippen molar-refractivity contribution in [1.29, 1.82) is 0 Å². The van der Waals surface area contributed by atoms with Crippen LogP contribution in [0.25, 0.3) is 0 Å². The number of benzene rings is 2. The van der Waals surface area contributed by atoms with E-state index in [2.05, 4.69) is 5.32 Å². The fourth-order valence-electron chi connectivity index (χ4n) is 3.28. The quantitative estimate of drug-likeness (QED) is 0.655. The van der Waals surface area contributed by atoms with E-state index in [1.165, 1.54) is 0 Å². The van der Waals surface area contributed by atoms with Gasteiger partial charge in [-0.1, -0.05) is 19.1 Å². The second-order valence-electron chi connectivity index (χ2n) is 7.09. The van der Waals surface area contributed by atoms with Crippen molar-refractivity contribution in [3.63, 3.8) is 0 Å². The summed E-state index contributed by atoms with van der Waals surface area (Å²) in [7, 11) is -0.568. The van der Waals surface area contributed by atoms with Gasteiger partial charge in [0.2, 0.25) is 15.9 Å². The molecule has 2 aromatic carbocycles. The lowest BCUT2D eigenvalue weighted by molar-refractivity contribution is -0.122. The fraction of sp³-hybridized carbons (Fsp3) is 0.409. The number of aryl methyl sites for hydroxylation is 1. The normalized spacial score (nSPS) is 13.3. The highest BCUT2D eigenvalue weighted by Crippen LogP contribution is 2.29. The van der Waals surface area contributed by atoms with Gasteiger partial charge in [0.25, 0.3) is 0 Å². The van der Waals surface area contributed by atoms with Gasteiger partial charge in [-0.25, -0.2) is 8.42 Å². The molecule has 1 N–H and O–H groups in total. The Morgan fingerprint density at radius 2 is 1.70 bits per heavy atom. The number of methoxy groups -OCH3 is 2. The lowest BCUT2D eigenvalue weighted by Gasteiger charge is -2.29. The average molecular weight is 435 g/mol. The second-order valence-corrected chi connectivity index (χ2v) is 8.95. The van der Waals surface area contributed by atoms with Crippen molar-refractivity contribution in [2.45, 2.75) is 39.3 Å². The van der Waals surface area contributed by atoms with E-state index in [4.69, 9.17) is 9.47 Å². The van der Waals surface area contributed by atoms with Crippen molar-refractivity contribution in [1.82, 2.24) is 5.32 Å². The van der Waals surface area contributed by atoms with Gasteiger partial charge in [0.1, 0.15) is 17.5 Å². The number of amides is 1. The molecular formula is C22H30N2O5S. The zero-order valence-corrected chi connectivity index (χ0v) is 19.1. The van der Waals surface area contributed by atoms with Gasteiger partial charge in [-0.05, 0) is 56.2 Å². The van der Waals surface area contributed by atoms with Crippen LogP contribution in [0, 0.1) is 0 Å². The first kappa shape index (κ1) is 23.5. The summed E-state index contributed by atoms with van der Waals surface area (Å²) in [5.41, 5.74) is 2.27. The van der Waals surface area contributed by atoms with Crippen molar-refractivity contribution >= 4 is 21.6 Å². The maximum absolute atomic E-state index is 13.0. The van der Waals surface area contributed by atoms with E-state index in [0.29, 0.717) is 17.2 Å². The molecule has 0 heterocycles. The molecular weight excluding hydrogens is 404 g/mol. The number of ether oxygens (including phenoxy) is 2. The number of nitrogens with one attached hydrogen (secondary N) is 1. The van der Waals surface area contributed by atoms with Gasteiger partial charge in [-0.2, -0.15) is 0 Å². The molecule has 0 aliphatic rings. The molecule has 0 aliphatic heterocycles. The van der Waals surface area contributed by atoms with E-state index in [0.717, 1.165) is 28.1 Å². The van der Waals surface area contributed by atoms with Gasteiger partial charge >= 0.3 is 0 Å². The third kappa shape index (κ3) is 5.44. The van der Waals surface area contributed by atoms with Crippen molar-refractivity contribution in [3.8, 4) is 11.5 Å². The maximum atomic E-state index is 13.0. The summed E-state index contributed by atoms with van der Waals surface area (Å²) < 4.78 is 36.7. The second kappa shape index (κ2) is 9.84. The summed E-state index contributed by atoms with van der Waals surface area (Å²) in [6, 6.07) is 11.1. The van der Waals surface area contributed by atoms with Crippen LogP contribution in [0.5, 0.6) is 11.5 Å². The molecule has 30 heavy (non-hydrogen) atoms. The van der Waals surface area contributed by atoms with Crippen LogP contribution in [0.4, 0.5) is 5.69 Å². The zero-order chi connectivity index (χ0) is 22.5. The predicted molar refractivity (Wildman–Crippen MR) is 119 cm³/mol. The van der Waals surface area contributed by atoms with Crippen LogP contribution >= 0.6 is 0 Å². The number of nitrogens with zero attached hydrogens (tertiary/aromatic N) is 1. The van der Waals surface area contributed by atoms with Gasteiger partial charge in [0.15, 0.2) is 0 Å². The molecule has 0 radical (unpaired) electrons. The lowest BCUT2D eigenvalue weighted by Crippen LogP contribution is -2.48. The zero-order valence-electron chi connectivity index (χ0n) is 18.3. The predicted octanol–water partition coefficient (Wildman–Crippen LogP) is 3.30. The summed E-state index contributed by atoms with van der Waals surface area (Å²) in [5, 5.41) is 2.89. The molecule has 2 atom stereocenters. The molecule has 7 nitrogen and oxygen atoms in total. The Morgan fingerprint density at radius 1 is 1.07 bits per heavy atom. The number of sulfonamides is 1. The molecule has 0 spiro atoms. The van der Waals surface area contributed by atoms with Crippen molar-refractivity contribution in [2.24, 2.45) is 0 Å². The smallest absolute Gasteiger partial charge is 0.244 e. The Morgan fingerprint density at radius 3 is 2.20 bits per heavy atom.